The molecule has 0 saturated carbocycles. The second kappa shape index (κ2) is 11.0. The number of nitrogens with zero attached hydrogens (tertiary/aromatic N) is 3. The molecular formula is C20H23ClIN5O. The minimum Gasteiger partial charge on any atom is -0.356 e. The highest BCUT2D eigenvalue weighted by atomic mass is 127. The summed E-state index contributed by atoms with van der Waals surface area (Å²) >= 11 is 5.90. The highest BCUT2D eigenvalue weighted by molar-refractivity contribution is 14.0. The Balaban J connectivity index is 0.00000280. The van der Waals surface area contributed by atoms with Crippen LogP contribution >= 0.6 is 35.6 Å². The van der Waals surface area contributed by atoms with Crippen molar-refractivity contribution in [3.8, 4) is 11.4 Å². The van der Waals surface area contributed by atoms with Crippen LogP contribution in [-0.4, -0.2) is 29.7 Å². The van der Waals surface area contributed by atoms with Crippen LogP contribution in [0.25, 0.3) is 11.4 Å². The van der Waals surface area contributed by atoms with Crippen LogP contribution in [0, 0.1) is 0 Å². The quantitative estimate of drug-likeness (QED) is 0.290. The van der Waals surface area contributed by atoms with Crippen molar-refractivity contribution < 1.29 is 4.52 Å². The molecule has 2 N–H and O–H groups in total. The Morgan fingerprint density at radius 3 is 2.54 bits per heavy atom. The van der Waals surface area contributed by atoms with Crippen molar-refractivity contribution in [2.24, 2.45) is 4.99 Å². The number of aromatic nitrogens is 2. The lowest BCUT2D eigenvalue weighted by molar-refractivity contribution is 0.378. The maximum atomic E-state index is 5.90. The van der Waals surface area contributed by atoms with Crippen molar-refractivity contribution in [1.82, 2.24) is 20.8 Å². The number of aliphatic imine (C=N–C) groups is 1. The highest BCUT2D eigenvalue weighted by Crippen LogP contribution is 2.18. The smallest absolute Gasteiger partial charge is 0.228 e. The number of halogens is 2. The molecule has 1 heterocycles. The summed E-state index contributed by atoms with van der Waals surface area (Å²) in [6, 6.07) is 17.7. The number of nitrogens with one attached hydrogen (secondary N) is 2. The Labute approximate surface area is 186 Å². The van der Waals surface area contributed by atoms with Crippen molar-refractivity contribution in [2.45, 2.75) is 19.4 Å². The fourth-order valence-corrected chi connectivity index (χ4v) is 2.71. The van der Waals surface area contributed by atoms with Crippen LogP contribution in [0.3, 0.4) is 0 Å². The summed E-state index contributed by atoms with van der Waals surface area (Å²) in [6.07, 6.45) is 0.598. The van der Waals surface area contributed by atoms with Gasteiger partial charge >= 0.3 is 0 Å². The molecule has 0 saturated heterocycles. The standard InChI is InChI=1S/C20H22ClN5O.HI/c1-14(15-6-4-3-5-7-15)24-20(22-2)23-13-12-18-25-19(26-27-18)16-8-10-17(21)11-9-16;/h3-11,14H,12-13H2,1-2H3,(H2,22,23,24);1H. The summed E-state index contributed by atoms with van der Waals surface area (Å²) < 4.78 is 5.32. The van der Waals surface area contributed by atoms with Crippen LogP contribution < -0.4 is 10.6 Å². The molecular weight excluding hydrogens is 489 g/mol. The monoisotopic (exact) mass is 511 g/mol. The summed E-state index contributed by atoms with van der Waals surface area (Å²) in [5.41, 5.74) is 2.07. The lowest BCUT2D eigenvalue weighted by Gasteiger charge is -2.17. The molecule has 0 aliphatic carbocycles. The van der Waals surface area contributed by atoms with Crippen LogP contribution in [0.15, 0.2) is 64.1 Å². The molecule has 0 bridgehead atoms. The molecule has 1 aromatic heterocycles. The molecule has 6 nitrogen and oxygen atoms in total. The van der Waals surface area contributed by atoms with Crippen molar-refractivity contribution >= 4 is 41.5 Å². The predicted molar refractivity (Wildman–Crippen MR) is 123 cm³/mol. The van der Waals surface area contributed by atoms with Crippen molar-refractivity contribution in [2.75, 3.05) is 13.6 Å². The van der Waals surface area contributed by atoms with Gasteiger partial charge in [-0.2, -0.15) is 4.98 Å². The SMILES string of the molecule is CN=C(NCCc1nc(-c2ccc(Cl)cc2)no1)NC(C)c1ccccc1.I. The Morgan fingerprint density at radius 1 is 1.14 bits per heavy atom. The summed E-state index contributed by atoms with van der Waals surface area (Å²) in [4.78, 5) is 8.68. The molecule has 2 aromatic carbocycles. The van der Waals surface area contributed by atoms with Crippen LogP contribution in [0.5, 0.6) is 0 Å². The van der Waals surface area contributed by atoms with E-state index in [1.54, 1.807) is 19.2 Å². The molecule has 0 aliphatic heterocycles. The zero-order valence-electron chi connectivity index (χ0n) is 15.7. The Bertz CT molecular complexity index is 883. The first-order valence-corrected chi connectivity index (χ1v) is 9.14. The molecule has 0 fully saturated rings. The van der Waals surface area contributed by atoms with E-state index in [1.165, 1.54) is 5.56 Å². The lowest BCUT2D eigenvalue weighted by atomic mass is 10.1. The van der Waals surface area contributed by atoms with Gasteiger partial charge < -0.3 is 15.2 Å². The van der Waals surface area contributed by atoms with Crippen LogP contribution in [0.1, 0.15) is 24.4 Å². The van der Waals surface area contributed by atoms with E-state index in [0.29, 0.717) is 29.7 Å². The van der Waals surface area contributed by atoms with Gasteiger partial charge in [-0.1, -0.05) is 47.1 Å². The third-order valence-corrected chi connectivity index (χ3v) is 4.33. The van der Waals surface area contributed by atoms with Crippen LogP contribution in [-0.2, 0) is 6.42 Å². The topological polar surface area (TPSA) is 75.3 Å². The second-order valence-electron chi connectivity index (χ2n) is 6.04. The zero-order chi connectivity index (χ0) is 19.1. The molecule has 148 valence electrons. The van der Waals surface area contributed by atoms with Gasteiger partial charge in [-0.25, -0.2) is 0 Å². The average molecular weight is 512 g/mol. The van der Waals surface area contributed by atoms with Crippen molar-refractivity contribution in [1.29, 1.82) is 0 Å². The fourth-order valence-electron chi connectivity index (χ4n) is 2.59. The van der Waals surface area contributed by atoms with E-state index in [1.807, 2.05) is 30.3 Å². The number of rotatable bonds is 6. The van der Waals surface area contributed by atoms with E-state index >= 15 is 0 Å². The van der Waals surface area contributed by atoms with Crippen molar-refractivity contribution in [3.63, 3.8) is 0 Å². The van der Waals surface area contributed by atoms with Gasteiger partial charge in [0, 0.05) is 30.6 Å². The van der Waals surface area contributed by atoms with Crippen LogP contribution in [0.4, 0.5) is 0 Å². The first-order valence-electron chi connectivity index (χ1n) is 8.76. The maximum Gasteiger partial charge on any atom is 0.228 e. The molecule has 0 spiro atoms. The van der Waals surface area contributed by atoms with Gasteiger partial charge in [-0.05, 0) is 36.8 Å². The second-order valence-corrected chi connectivity index (χ2v) is 6.48. The Morgan fingerprint density at radius 2 is 1.86 bits per heavy atom. The zero-order valence-corrected chi connectivity index (χ0v) is 18.8. The average Bonchev–Trinajstić information content (AvgIpc) is 3.17. The molecule has 1 unspecified atom stereocenters. The summed E-state index contributed by atoms with van der Waals surface area (Å²) in [7, 11) is 1.75. The van der Waals surface area contributed by atoms with Gasteiger partial charge in [0.1, 0.15) is 0 Å². The summed E-state index contributed by atoms with van der Waals surface area (Å²) in [5, 5.41) is 11.3. The molecule has 0 amide bonds. The molecule has 8 heteroatoms. The number of benzene rings is 2. The minimum atomic E-state index is 0. The highest BCUT2D eigenvalue weighted by Gasteiger charge is 2.10. The van der Waals surface area contributed by atoms with Gasteiger partial charge in [0.2, 0.25) is 11.7 Å². The van der Waals surface area contributed by atoms with Gasteiger partial charge in [0.15, 0.2) is 5.96 Å². The molecule has 0 aliphatic rings. The first-order chi connectivity index (χ1) is 13.2. The predicted octanol–water partition coefficient (Wildman–Crippen LogP) is 4.48. The normalized spacial score (nSPS) is 12.2. The first kappa shape index (κ1) is 22.2. The Hall–Kier alpha value is -2.13. The van der Waals surface area contributed by atoms with Crippen LogP contribution in [0.2, 0.25) is 5.02 Å². The number of guanidine groups is 1. The number of hydrogen-bond acceptors (Lipinski definition) is 4. The van der Waals surface area contributed by atoms with E-state index in [-0.39, 0.29) is 30.0 Å². The third-order valence-electron chi connectivity index (χ3n) is 4.08. The fraction of sp³-hybridized carbons (Fsp3) is 0.250. The molecule has 0 radical (unpaired) electrons. The molecule has 1 atom stereocenters. The van der Waals surface area contributed by atoms with E-state index in [9.17, 15) is 0 Å². The van der Waals surface area contributed by atoms with Crippen molar-refractivity contribution in [3.05, 3.63) is 71.1 Å². The van der Waals surface area contributed by atoms with E-state index in [0.717, 1.165) is 11.5 Å². The molecule has 28 heavy (non-hydrogen) atoms. The van der Waals surface area contributed by atoms with Gasteiger partial charge in [0.05, 0.1) is 6.04 Å². The van der Waals surface area contributed by atoms with E-state index < -0.39 is 0 Å². The lowest BCUT2D eigenvalue weighted by Crippen LogP contribution is -2.39. The van der Waals surface area contributed by atoms with Gasteiger partial charge in [0.25, 0.3) is 0 Å². The molecule has 3 aromatic rings. The molecule has 3 rings (SSSR count). The number of hydrogen-bond donors (Lipinski definition) is 2. The summed E-state index contributed by atoms with van der Waals surface area (Å²) in [5.74, 6) is 1.85. The van der Waals surface area contributed by atoms with E-state index in [2.05, 4.69) is 44.8 Å². The largest absolute Gasteiger partial charge is 0.356 e. The van der Waals surface area contributed by atoms with Gasteiger partial charge in [-0.15, -0.1) is 24.0 Å². The Kier molecular flexibility index (Phi) is 8.72. The summed E-state index contributed by atoms with van der Waals surface area (Å²) in [6.45, 7) is 2.72. The maximum absolute atomic E-state index is 5.90. The van der Waals surface area contributed by atoms with E-state index in [4.69, 9.17) is 16.1 Å². The minimum absolute atomic E-state index is 0. The third kappa shape index (κ3) is 6.20. The van der Waals surface area contributed by atoms with Gasteiger partial charge in [-0.3, -0.25) is 4.99 Å².